The van der Waals surface area contributed by atoms with E-state index in [4.69, 9.17) is 10.00 Å². The van der Waals surface area contributed by atoms with Crippen LogP contribution in [0.4, 0.5) is 0 Å². The van der Waals surface area contributed by atoms with E-state index in [0.29, 0.717) is 6.42 Å². The van der Waals surface area contributed by atoms with Gasteiger partial charge in [0.1, 0.15) is 6.10 Å². The second-order valence-electron chi connectivity index (χ2n) is 1.99. The van der Waals surface area contributed by atoms with Gasteiger partial charge < -0.3 is 4.74 Å². The number of methoxy groups -OCH3 is 1. The second-order valence-corrected chi connectivity index (χ2v) is 1.99. The van der Waals surface area contributed by atoms with Crippen molar-refractivity contribution < 1.29 is 4.74 Å². The van der Waals surface area contributed by atoms with Gasteiger partial charge in [-0.05, 0) is 19.3 Å². The van der Waals surface area contributed by atoms with Crippen molar-refractivity contribution in [2.24, 2.45) is 0 Å². The van der Waals surface area contributed by atoms with E-state index in [1.165, 1.54) is 0 Å². The fraction of sp³-hybridized carbons (Fsp3) is 0.250. The average molecular weight is 134 g/mol. The molecule has 0 atom stereocenters. The lowest BCUT2D eigenvalue weighted by molar-refractivity contribution is 0.234. The van der Waals surface area contributed by atoms with Gasteiger partial charge in [0.25, 0.3) is 0 Å². The molecule has 1 rings (SSSR count). The molecule has 0 aromatic rings. The van der Waals surface area contributed by atoms with Crippen LogP contribution in [0.25, 0.3) is 0 Å². The highest BCUT2D eigenvalue weighted by molar-refractivity contribution is 5.36. The maximum Gasteiger partial charge on any atom is 0.104 e. The van der Waals surface area contributed by atoms with Crippen molar-refractivity contribution in [3.63, 3.8) is 0 Å². The van der Waals surface area contributed by atoms with Gasteiger partial charge in [-0.1, -0.05) is 0 Å². The van der Waals surface area contributed by atoms with Crippen molar-refractivity contribution in [2.75, 3.05) is 7.11 Å². The van der Waals surface area contributed by atoms with Crippen molar-refractivity contribution >= 4 is 0 Å². The minimum Gasteiger partial charge on any atom is -0.375 e. The largest absolute Gasteiger partial charge is 0.375 e. The maximum absolute atomic E-state index is 8.44. The Hall–Kier alpha value is -0.550. The summed E-state index contributed by atoms with van der Waals surface area (Å²) in [5, 5.41) is 8.44. The topological polar surface area (TPSA) is 33.0 Å². The van der Waals surface area contributed by atoms with Crippen LogP contribution in [0.3, 0.4) is 0 Å². The predicted molar refractivity (Wildman–Crippen MR) is 36.6 cm³/mol. The summed E-state index contributed by atoms with van der Waals surface area (Å²) in [5.41, 5.74) is 0. The summed E-state index contributed by atoms with van der Waals surface area (Å²) < 4.78 is 4.94. The zero-order valence-electron chi connectivity index (χ0n) is 5.79. The third-order valence-corrected chi connectivity index (χ3v) is 1.35. The Morgan fingerprint density at radius 2 is 2.40 bits per heavy atom. The average Bonchev–Trinajstić information content (AvgIpc) is 2.05. The molecule has 0 aliphatic heterocycles. The lowest BCUT2D eigenvalue weighted by atomic mass is 9.88. The van der Waals surface area contributed by atoms with E-state index in [-0.39, 0.29) is 0 Å². The van der Waals surface area contributed by atoms with Crippen LogP contribution in [0.1, 0.15) is 6.42 Å². The highest BCUT2D eigenvalue weighted by atomic mass is 16.5. The van der Waals surface area contributed by atoms with Gasteiger partial charge in [-0.15, -0.1) is 0 Å². The van der Waals surface area contributed by atoms with Crippen LogP contribution in [0.15, 0.2) is 0 Å². The lowest BCUT2D eigenvalue weighted by Crippen LogP contribution is -2.13. The van der Waals surface area contributed by atoms with E-state index in [2.05, 4.69) is 6.07 Å². The van der Waals surface area contributed by atoms with E-state index >= 15 is 0 Å². The summed E-state index contributed by atoms with van der Waals surface area (Å²) in [6.07, 6.45) is 6.98. The molecule has 5 radical (unpaired) electrons. The number of nitrogens with zero attached hydrogens (tertiary/aromatic N) is 1. The third kappa shape index (κ3) is 1.71. The van der Waals surface area contributed by atoms with Crippen LogP contribution in [-0.2, 0) is 4.74 Å². The molecule has 1 saturated carbocycles. The van der Waals surface area contributed by atoms with Gasteiger partial charge in [-0.2, -0.15) is 5.26 Å². The van der Waals surface area contributed by atoms with Crippen LogP contribution in [0, 0.1) is 42.6 Å². The molecular formula is C8H8NO. The standard InChI is InChI=1S/C8H8NO/c1-10-8-4-2-7(6-9)3-5-8/h2,4-5H,3H2,1H3. The molecule has 0 amide bonds. The van der Waals surface area contributed by atoms with Crippen molar-refractivity contribution in [3.8, 4) is 6.07 Å². The Labute approximate surface area is 61.8 Å². The van der Waals surface area contributed by atoms with E-state index < -0.39 is 0 Å². The number of nitriles is 1. The summed E-state index contributed by atoms with van der Waals surface area (Å²) in [6, 6.07) is 2.08. The van der Waals surface area contributed by atoms with Crippen LogP contribution >= 0.6 is 0 Å². The van der Waals surface area contributed by atoms with Crippen molar-refractivity contribution in [1.82, 2.24) is 0 Å². The van der Waals surface area contributed by atoms with Gasteiger partial charge in [0.2, 0.25) is 0 Å². The number of ether oxygens (including phenoxy) is 1. The molecule has 0 aromatic heterocycles. The molecule has 2 heteroatoms. The van der Waals surface area contributed by atoms with Crippen LogP contribution < -0.4 is 0 Å². The summed E-state index contributed by atoms with van der Waals surface area (Å²) in [4.78, 5) is 0. The summed E-state index contributed by atoms with van der Waals surface area (Å²) in [5.74, 6) is 0.779. The Morgan fingerprint density at radius 3 is 2.80 bits per heavy atom. The van der Waals surface area contributed by atoms with Gasteiger partial charge in [0, 0.05) is 13.5 Å². The highest BCUT2D eigenvalue weighted by Crippen LogP contribution is 2.28. The molecule has 1 aliphatic carbocycles. The molecule has 1 aliphatic rings. The smallest absolute Gasteiger partial charge is 0.104 e. The number of rotatable bonds is 1. The first-order valence-electron chi connectivity index (χ1n) is 3.05. The Kier molecular flexibility index (Phi) is 2.70. The molecule has 0 N–H and O–H groups in total. The fourth-order valence-electron chi connectivity index (χ4n) is 0.764. The minimum absolute atomic E-state index is 0.691. The molecule has 0 aromatic carbocycles. The summed E-state index contributed by atoms with van der Waals surface area (Å²) >= 11 is 0. The quantitative estimate of drug-likeness (QED) is 0.541. The minimum atomic E-state index is 0.691. The van der Waals surface area contributed by atoms with Crippen LogP contribution in [0.2, 0.25) is 0 Å². The van der Waals surface area contributed by atoms with Crippen LogP contribution in [0.5, 0.6) is 0 Å². The van der Waals surface area contributed by atoms with Crippen LogP contribution in [-0.4, -0.2) is 7.11 Å². The van der Waals surface area contributed by atoms with Gasteiger partial charge in [0.15, 0.2) is 0 Å². The molecule has 51 valence electrons. The highest BCUT2D eigenvalue weighted by Gasteiger charge is 2.22. The van der Waals surface area contributed by atoms with Crippen molar-refractivity contribution in [2.45, 2.75) is 6.42 Å². The molecule has 1 fully saturated rings. The predicted octanol–water partition coefficient (Wildman–Crippen LogP) is 1.28. The Balaban J connectivity index is 2.25. The monoisotopic (exact) mass is 134 g/mol. The molecule has 0 bridgehead atoms. The molecule has 0 heterocycles. The van der Waals surface area contributed by atoms with Gasteiger partial charge >= 0.3 is 0 Å². The Morgan fingerprint density at radius 1 is 1.60 bits per heavy atom. The first-order valence-corrected chi connectivity index (χ1v) is 3.05. The van der Waals surface area contributed by atoms with Gasteiger partial charge in [-0.3, -0.25) is 0 Å². The molecule has 2 nitrogen and oxygen atoms in total. The zero-order chi connectivity index (χ0) is 7.40. The van der Waals surface area contributed by atoms with Gasteiger partial charge in [0.05, 0.1) is 12.0 Å². The van der Waals surface area contributed by atoms with Crippen molar-refractivity contribution in [3.05, 3.63) is 31.3 Å². The molecule has 0 unspecified atom stereocenters. The molecule has 0 spiro atoms. The maximum atomic E-state index is 8.44. The summed E-state index contributed by atoms with van der Waals surface area (Å²) in [6.45, 7) is 0. The molecule has 0 saturated heterocycles. The number of hydrogen-bond acceptors (Lipinski definition) is 2. The van der Waals surface area contributed by atoms with E-state index in [9.17, 15) is 0 Å². The third-order valence-electron chi connectivity index (χ3n) is 1.35. The summed E-state index contributed by atoms with van der Waals surface area (Å²) in [7, 11) is 1.62. The second kappa shape index (κ2) is 3.58. The fourth-order valence-corrected chi connectivity index (χ4v) is 0.764. The van der Waals surface area contributed by atoms with E-state index in [1.54, 1.807) is 20.0 Å². The zero-order valence-corrected chi connectivity index (χ0v) is 5.79. The first kappa shape index (κ1) is 7.56. The van der Waals surface area contributed by atoms with E-state index in [1.807, 2.05) is 6.42 Å². The normalized spacial score (nSPS) is 22.4. The first-order chi connectivity index (χ1) is 4.86. The molecular weight excluding hydrogens is 126 g/mol. The SMILES string of the molecule is CO[C]1[CH][CH][C](C#N)C[CH]1. The van der Waals surface area contributed by atoms with Crippen molar-refractivity contribution in [1.29, 1.82) is 5.26 Å². The number of hydrogen-bond donors (Lipinski definition) is 0. The molecule has 10 heavy (non-hydrogen) atoms. The van der Waals surface area contributed by atoms with E-state index in [0.717, 1.165) is 12.0 Å². The Bertz CT molecular complexity index is 131. The lowest BCUT2D eigenvalue weighted by Gasteiger charge is -2.20. The van der Waals surface area contributed by atoms with Gasteiger partial charge in [-0.25, -0.2) is 0 Å².